The Labute approximate surface area is 386 Å². The second kappa shape index (κ2) is 26.8. The molecule has 20 heteroatoms. The van der Waals surface area contributed by atoms with Gasteiger partial charge in [0.2, 0.25) is 23.6 Å². The first kappa shape index (κ1) is 55.1. The van der Waals surface area contributed by atoms with Gasteiger partial charge in [-0.05, 0) is 48.6 Å². The van der Waals surface area contributed by atoms with Crippen LogP contribution in [0.4, 0.5) is 0 Å². The average molecular weight is 933 g/mol. The lowest BCUT2D eigenvalue weighted by Crippen LogP contribution is -2.56. The molecule has 0 saturated carbocycles. The van der Waals surface area contributed by atoms with Crippen LogP contribution in [0.15, 0.2) is 40.4 Å². The predicted octanol–water partition coefficient (Wildman–Crippen LogP) is 4.73. The number of piperazine rings is 1. The van der Waals surface area contributed by atoms with Gasteiger partial charge in [0.05, 0.1) is 36.6 Å². The van der Waals surface area contributed by atoms with Gasteiger partial charge in [-0.15, -0.1) is 0 Å². The molecule has 0 aromatic heterocycles. The third-order valence-electron chi connectivity index (χ3n) is 12.9. The quantitative estimate of drug-likeness (QED) is 0.0244. The molecule has 1 aromatic carbocycles. The van der Waals surface area contributed by atoms with Gasteiger partial charge in [-0.1, -0.05) is 82.9 Å². The van der Waals surface area contributed by atoms with E-state index in [0.29, 0.717) is 76.5 Å². The van der Waals surface area contributed by atoms with Crippen molar-refractivity contribution in [2.45, 2.75) is 129 Å². The van der Waals surface area contributed by atoms with Crippen LogP contribution >= 0.6 is 7.60 Å². The Balaban J connectivity index is 1.76. The highest BCUT2D eigenvalue weighted by atomic mass is 31.2. The van der Waals surface area contributed by atoms with E-state index >= 15 is 0 Å². The maximum Gasteiger partial charge on any atom is 0.347 e. The first-order valence-corrected chi connectivity index (χ1v) is 24.8. The van der Waals surface area contributed by atoms with E-state index in [2.05, 4.69) is 20.2 Å². The number of benzene rings is 1. The summed E-state index contributed by atoms with van der Waals surface area (Å²) in [7, 11) is 3.82. The van der Waals surface area contributed by atoms with Gasteiger partial charge < -0.3 is 49.1 Å². The maximum absolute atomic E-state index is 14.7. The first-order chi connectivity index (χ1) is 30.8. The number of hydrogen-bond donors (Lipinski definition) is 3. The average Bonchev–Trinajstić information content (AvgIpc) is 3.76. The topological polar surface area (TPSA) is 234 Å². The molecule has 0 unspecified atom stereocenters. The minimum atomic E-state index is -4.73. The molecule has 0 aliphatic carbocycles. The van der Waals surface area contributed by atoms with Crippen molar-refractivity contribution in [3.63, 3.8) is 0 Å². The molecule has 366 valence electrons. The number of likely N-dealkylation sites (N-methyl/N-ethyl adjacent to an activating group) is 1. The van der Waals surface area contributed by atoms with Crippen LogP contribution in [0.2, 0.25) is 0 Å². The Morgan fingerprint density at radius 3 is 2.14 bits per heavy atom. The van der Waals surface area contributed by atoms with E-state index in [9.17, 15) is 33.5 Å². The van der Waals surface area contributed by atoms with E-state index < -0.39 is 55.5 Å². The lowest BCUT2D eigenvalue weighted by atomic mass is 9.89. The summed E-state index contributed by atoms with van der Waals surface area (Å²) < 4.78 is 24.5. The Bertz CT molecular complexity index is 1800. The zero-order valence-electron chi connectivity index (χ0n) is 40.4. The number of carbonyl (C=O) groups is 4. The summed E-state index contributed by atoms with van der Waals surface area (Å²) in [5.41, 5.74) is 9.13. The van der Waals surface area contributed by atoms with Crippen LogP contribution in [0.1, 0.15) is 91.5 Å². The third-order valence-corrected chi connectivity index (χ3v) is 14.0. The highest BCUT2D eigenvalue weighted by Gasteiger charge is 2.44. The number of methoxy groups -OCH3 is 2. The number of nitrogens with zero attached hydrogens (tertiary/aromatic N) is 9. The molecule has 2 aliphatic rings. The summed E-state index contributed by atoms with van der Waals surface area (Å²) in [5.74, 6) is -2.79. The van der Waals surface area contributed by atoms with E-state index in [1.165, 1.54) is 7.11 Å². The first-order valence-electron chi connectivity index (χ1n) is 23.1. The molecular formula is C45H77N10O9P. The summed E-state index contributed by atoms with van der Waals surface area (Å²) in [6.07, 6.45) is 3.14. The van der Waals surface area contributed by atoms with Crippen molar-refractivity contribution in [1.29, 1.82) is 0 Å². The van der Waals surface area contributed by atoms with Gasteiger partial charge in [-0.2, -0.15) is 0 Å². The lowest BCUT2D eigenvalue weighted by molar-refractivity contribution is -0.146. The van der Waals surface area contributed by atoms with Crippen LogP contribution in [-0.4, -0.2) is 175 Å². The number of rotatable bonds is 24. The molecule has 2 heterocycles. The van der Waals surface area contributed by atoms with Crippen molar-refractivity contribution in [2.75, 3.05) is 74.6 Å². The molecule has 2 aliphatic heterocycles. The van der Waals surface area contributed by atoms with Gasteiger partial charge in [0, 0.05) is 92.4 Å². The molecule has 1 aromatic rings. The summed E-state index contributed by atoms with van der Waals surface area (Å²) >= 11 is 0. The van der Waals surface area contributed by atoms with Crippen molar-refractivity contribution in [3.05, 3.63) is 46.3 Å². The van der Waals surface area contributed by atoms with Crippen molar-refractivity contribution >= 4 is 37.2 Å². The highest BCUT2D eigenvalue weighted by Crippen LogP contribution is 2.41. The molecule has 0 bridgehead atoms. The van der Waals surface area contributed by atoms with Gasteiger partial charge in [0.25, 0.3) is 0 Å². The fourth-order valence-corrected chi connectivity index (χ4v) is 9.73. The van der Waals surface area contributed by atoms with Crippen molar-refractivity contribution in [2.24, 2.45) is 27.9 Å². The molecule has 0 radical (unpaired) electrons. The number of nitrogens with one attached hydrogen (secondary N) is 1. The number of likely N-dealkylation sites (tertiary alicyclic amines) is 1. The Kier molecular flexibility index (Phi) is 22.7. The highest BCUT2D eigenvalue weighted by molar-refractivity contribution is 7.52. The summed E-state index contributed by atoms with van der Waals surface area (Å²) in [6, 6.07) is 7.07. The number of unbranched alkanes of at least 4 members (excludes halogenated alkanes) is 2. The fourth-order valence-electron chi connectivity index (χ4n) is 8.99. The molecule has 19 nitrogen and oxygen atoms in total. The number of azide groups is 1. The monoisotopic (exact) mass is 933 g/mol. The van der Waals surface area contributed by atoms with Crippen LogP contribution in [-0.2, 0) is 39.6 Å². The van der Waals surface area contributed by atoms with Crippen molar-refractivity contribution < 1.29 is 43.0 Å². The number of hydrogen-bond acceptors (Lipinski definition) is 9. The molecule has 8 atom stereocenters. The number of aliphatic imine (C=N–C) groups is 1. The van der Waals surface area contributed by atoms with E-state index in [1.807, 2.05) is 51.6 Å². The smallest absolute Gasteiger partial charge is 0.347 e. The Hall–Kier alpha value is -4.25. The Morgan fingerprint density at radius 1 is 0.938 bits per heavy atom. The summed E-state index contributed by atoms with van der Waals surface area (Å²) in [6.45, 7) is 12.7. The molecular weight excluding hydrogens is 856 g/mol. The molecule has 3 N–H and O–H groups in total. The summed E-state index contributed by atoms with van der Waals surface area (Å²) in [4.78, 5) is 93.2. The molecule has 2 saturated heterocycles. The maximum atomic E-state index is 14.7. The number of amides is 4. The van der Waals surface area contributed by atoms with Gasteiger partial charge in [0.1, 0.15) is 11.8 Å². The summed E-state index contributed by atoms with van der Waals surface area (Å²) in [5, 5.41) is 6.13. The Morgan fingerprint density at radius 2 is 1.58 bits per heavy atom. The standard InChI is InChI=1S/C45H77N10O9P/c1-11-32(4)41(52(8)44(59)40(31(2)3)49-45(51(6)7)54-27-25-53(26-28-54)38(56)22-16-13-17-23-47-50-46)36(63-9)30-39(57)55-24-18-21-35(55)42(64-10)33(5)43(58)48-37(65(60,61)62)29-34-19-14-12-15-20-34/h12,14-15,19-20,31-33,35-37,40-42H,11,13,16-18,21-30H2,1-10H3,(H,48,58)(H2,60,61,62)/t32-,33+,35-,36+,37+,40-,41-,42+/m0/s1. The lowest BCUT2D eigenvalue weighted by Gasteiger charge is -2.41. The van der Waals surface area contributed by atoms with Crippen molar-refractivity contribution in [3.8, 4) is 0 Å². The zero-order chi connectivity index (χ0) is 48.4. The molecule has 0 spiro atoms. The zero-order valence-corrected chi connectivity index (χ0v) is 41.3. The predicted molar refractivity (Wildman–Crippen MR) is 251 cm³/mol. The third kappa shape index (κ3) is 16.0. The van der Waals surface area contributed by atoms with E-state index in [-0.39, 0.29) is 42.4 Å². The number of carbonyl (C=O) groups excluding carboxylic acids is 4. The van der Waals surface area contributed by atoms with Gasteiger partial charge >= 0.3 is 7.60 Å². The minimum Gasteiger partial charge on any atom is -0.379 e. The molecule has 3 rings (SSSR count). The van der Waals surface area contributed by atoms with Crippen LogP contribution in [0.3, 0.4) is 0 Å². The number of guanidine groups is 1. The normalized spacial score (nSPS) is 19.1. The largest absolute Gasteiger partial charge is 0.379 e. The van der Waals surface area contributed by atoms with Crippen LogP contribution < -0.4 is 5.32 Å². The SMILES string of the molecule is CC[C@H](C)[C@@H]([C@@H](CC(=O)N1CCC[C@H]1[C@H](OC)[C@@H](C)C(=O)N[C@@H](Cc1ccccc1)P(=O)(O)O)OC)N(C)C(=O)[C@@H](N=C(N(C)C)N1CCN(C(=O)CCCCCN=[N+]=[N-])CC1)C(C)C. The van der Waals surface area contributed by atoms with Gasteiger partial charge in [-0.25, -0.2) is 4.99 Å². The second-order valence-electron chi connectivity index (χ2n) is 18.0. The van der Waals surface area contributed by atoms with Crippen LogP contribution in [0.5, 0.6) is 0 Å². The molecule has 4 amide bonds. The molecule has 2 fully saturated rings. The fraction of sp³-hybridized carbons (Fsp3) is 0.756. The van der Waals surface area contributed by atoms with E-state index in [4.69, 9.17) is 20.0 Å². The molecule has 65 heavy (non-hydrogen) atoms. The van der Waals surface area contributed by atoms with Gasteiger partial charge in [-0.3, -0.25) is 23.7 Å². The van der Waals surface area contributed by atoms with Crippen molar-refractivity contribution in [1.82, 2.24) is 29.8 Å². The van der Waals surface area contributed by atoms with Crippen LogP contribution in [0.25, 0.3) is 10.4 Å². The minimum absolute atomic E-state index is 0.0364. The van der Waals surface area contributed by atoms with E-state index in [0.717, 1.165) is 19.3 Å². The second-order valence-corrected chi connectivity index (χ2v) is 19.8. The van der Waals surface area contributed by atoms with Gasteiger partial charge in [0.15, 0.2) is 5.96 Å². The number of ether oxygens (including phenoxy) is 2. The van der Waals surface area contributed by atoms with E-state index in [1.54, 1.807) is 61.2 Å². The van der Waals surface area contributed by atoms with Crippen LogP contribution in [0, 0.1) is 17.8 Å².